The molecule has 0 fully saturated rings. The maximum Gasteiger partial charge on any atom is 0.410 e. The molecule has 11 nitrogen and oxygen atoms in total. The van der Waals surface area contributed by atoms with Gasteiger partial charge >= 0.3 is 18.3 Å². The molecular formula is C34H69N5O6. The molecule has 0 saturated carbocycles. The highest BCUT2D eigenvalue weighted by Crippen LogP contribution is 2.15. The van der Waals surface area contributed by atoms with E-state index in [2.05, 4.69) is 10.6 Å². The Balaban J connectivity index is 4.51. The number of nitrogens with two attached hydrogens (primary N) is 1. The van der Waals surface area contributed by atoms with Gasteiger partial charge in [-0.15, -0.1) is 0 Å². The molecule has 45 heavy (non-hydrogen) atoms. The summed E-state index contributed by atoms with van der Waals surface area (Å²) < 4.78 is 16.5. The Labute approximate surface area is 275 Å². The van der Waals surface area contributed by atoms with Crippen molar-refractivity contribution < 1.29 is 28.6 Å². The van der Waals surface area contributed by atoms with Crippen molar-refractivity contribution in [2.24, 2.45) is 5.73 Å². The molecule has 0 aliphatic heterocycles. The number of hydrogen-bond donors (Lipinski definition) is 3. The first-order chi connectivity index (χ1) is 20.9. The Morgan fingerprint density at radius 1 is 0.511 bits per heavy atom. The molecule has 0 bridgehead atoms. The number of rotatable bonds is 22. The van der Waals surface area contributed by atoms with Crippen LogP contribution in [0.2, 0.25) is 0 Å². The summed E-state index contributed by atoms with van der Waals surface area (Å²) >= 11 is 0. The smallest absolute Gasteiger partial charge is 0.410 e. The molecular weight excluding hydrogens is 574 g/mol. The fraction of sp³-hybridized carbons (Fsp3) is 0.912. The summed E-state index contributed by atoms with van der Waals surface area (Å²) in [5.41, 5.74) is 3.82. The zero-order valence-electron chi connectivity index (χ0n) is 30.4. The van der Waals surface area contributed by atoms with Crippen molar-refractivity contribution in [2.45, 2.75) is 150 Å². The molecule has 11 heteroatoms. The van der Waals surface area contributed by atoms with Crippen LogP contribution in [0.4, 0.5) is 14.4 Å². The van der Waals surface area contributed by atoms with E-state index >= 15 is 0 Å². The van der Waals surface area contributed by atoms with Crippen molar-refractivity contribution >= 4 is 18.3 Å². The zero-order valence-corrected chi connectivity index (χ0v) is 30.4. The van der Waals surface area contributed by atoms with E-state index in [0.717, 1.165) is 83.8 Å². The van der Waals surface area contributed by atoms with Crippen molar-refractivity contribution in [1.29, 1.82) is 0 Å². The minimum atomic E-state index is -0.594. The zero-order chi connectivity index (χ0) is 34.4. The van der Waals surface area contributed by atoms with Crippen LogP contribution in [0, 0.1) is 0 Å². The van der Waals surface area contributed by atoms with E-state index in [1.807, 2.05) is 67.2 Å². The lowest BCUT2D eigenvalue weighted by Gasteiger charge is -2.28. The molecule has 0 aromatic carbocycles. The molecule has 0 atom stereocenters. The van der Waals surface area contributed by atoms with Crippen LogP contribution in [0.3, 0.4) is 0 Å². The largest absolute Gasteiger partial charge is 0.444 e. The summed E-state index contributed by atoms with van der Waals surface area (Å²) in [4.78, 5) is 41.1. The summed E-state index contributed by atoms with van der Waals surface area (Å²) in [7, 11) is 0. The van der Waals surface area contributed by atoms with Crippen molar-refractivity contribution in [1.82, 2.24) is 20.4 Å². The lowest BCUT2D eigenvalue weighted by atomic mass is 10.1. The van der Waals surface area contributed by atoms with Gasteiger partial charge in [-0.1, -0.05) is 44.9 Å². The Morgan fingerprint density at radius 3 is 1.29 bits per heavy atom. The summed E-state index contributed by atoms with van der Waals surface area (Å²) in [6.07, 6.45) is 10.4. The molecule has 0 aromatic rings. The molecule has 0 spiro atoms. The maximum atomic E-state index is 12.8. The van der Waals surface area contributed by atoms with Gasteiger partial charge in [-0.2, -0.15) is 0 Å². The monoisotopic (exact) mass is 644 g/mol. The maximum absolute atomic E-state index is 12.8. The van der Waals surface area contributed by atoms with Crippen molar-refractivity contribution in [2.75, 3.05) is 52.4 Å². The van der Waals surface area contributed by atoms with E-state index in [1.54, 1.807) is 4.90 Å². The van der Waals surface area contributed by atoms with Crippen LogP contribution in [-0.2, 0) is 14.2 Å². The number of carbonyl (C=O) groups excluding carboxylic acids is 3. The van der Waals surface area contributed by atoms with Gasteiger partial charge in [0.25, 0.3) is 0 Å². The van der Waals surface area contributed by atoms with E-state index in [4.69, 9.17) is 19.9 Å². The Hall–Kier alpha value is -2.27. The van der Waals surface area contributed by atoms with E-state index in [9.17, 15) is 14.4 Å². The molecule has 0 aliphatic rings. The average molecular weight is 644 g/mol. The SMILES string of the molecule is CC(C)(C)OC(=O)NCCN(CCCCCCCCN(CCCCCCCNCCN)C(=O)OC(C)(C)C)C(=O)OC(C)(C)C. The molecule has 0 unspecified atom stereocenters. The highest BCUT2D eigenvalue weighted by Gasteiger charge is 2.23. The van der Waals surface area contributed by atoms with Gasteiger partial charge in [0.2, 0.25) is 0 Å². The summed E-state index contributed by atoms with van der Waals surface area (Å²) in [5, 5.41) is 6.04. The van der Waals surface area contributed by atoms with Crippen LogP contribution < -0.4 is 16.4 Å². The molecule has 0 rings (SSSR count). The first kappa shape index (κ1) is 42.7. The van der Waals surface area contributed by atoms with Crippen LogP contribution in [0.1, 0.15) is 133 Å². The molecule has 0 aliphatic carbocycles. The number of carbonyl (C=O) groups is 3. The quantitative estimate of drug-likeness (QED) is 0.0864. The van der Waals surface area contributed by atoms with E-state index < -0.39 is 22.9 Å². The summed E-state index contributed by atoms with van der Waals surface area (Å²) in [5.74, 6) is 0. The van der Waals surface area contributed by atoms with E-state index in [-0.39, 0.29) is 18.7 Å². The minimum Gasteiger partial charge on any atom is -0.444 e. The normalized spacial score (nSPS) is 12.0. The molecule has 3 amide bonds. The molecule has 266 valence electrons. The van der Waals surface area contributed by atoms with Gasteiger partial charge in [0.05, 0.1) is 0 Å². The van der Waals surface area contributed by atoms with Gasteiger partial charge in [0.1, 0.15) is 16.8 Å². The second-order valence-electron chi connectivity index (χ2n) is 14.8. The Morgan fingerprint density at radius 2 is 0.889 bits per heavy atom. The molecule has 0 heterocycles. The lowest BCUT2D eigenvalue weighted by Crippen LogP contribution is -2.42. The minimum absolute atomic E-state index is 0.225. The van der Waals surface area contributed by atoms with Crippen molar-refractivity contribution in [3.63, 3.8) is 0 Å². The first-order valence-electron chi connectivity index (χ1n) is 17.3. The van der Waals surface area contributed by atoms with Gasteiger partial charge < -0.3 is 40.4 Å². The van der Waals surface area contributed by atoms with Gasteiger partial charge in [0.15, 0.2) is 0 Å². The highest BCUT2D eigenvalue weighted by atomic mass is 16.6. The summed E-state index contributed by atoms with van der Waals surface area (Å²) in [6, 6.07) is 0. The van der Waals surface area contributed by atoms with Crippen LogP contribution in [-0.4, -0.2) is 97.2 Å². The third-order valence-electron chi connectivity index (χ3n) is 6.56. The van der Waals surface area contributed by atoms with Gasteiger partial charge in [-0.3, -0.25) is 0 Å². The number of nitrogens with one attached hydrogen (secondary N) is 2. The second-order valence-corrected chi connectivity index (χ2v) is 14.8. The fourth-order valence-electron chi connectivity index (χ4n) is 4.47. The lowest BCUT2D eigenvalue weighted by molar-refractivity contribution is 0.0230. The topological polar surface area (TPSA) is 135 Å². The highest BCUT2D eigenvalue weighted by molar-refractivity contribution is 5.69. The van der Waals surface area contributed by atoms with Gasteiger partial charge in [-0.25, -0.2) is 14.4 Å². The third kappa shape index (κ3) is 27.7. The number of unbranched alkanes of at least 4 members (excludes halogenated alkanes) is 9. The van der Waals surface area contributed by atoms with Gasteiger partial charge in [0, 0.05) is 45.8 Å². The Bertz CT molecular complexity index is 804. The second kappa shape index (κ2) is 23.1. The third-order valence-corrected chi connectivity index (χ3v) is 6.56. The van der Waals surface area contributed by atoms with E-state index in [1.165, 1.54) is 6.42 Å². The molecule has 4 N–H and O–H groups in total. The van der Waals surface area contributed by atoms with Crippen LogP contribution in [0.5, 0.6) is 0 Å². The Kier molecular flexibility index (Phi) is 21.9. The molecule has 0 radical (unpaired) electrons. The van der Waals surface area contributed by atoms with Crippen molar-refractivity contribution in [3.05, 3.63) is 0 Å². The number of amides is 3. The molecule has 0 aromatic heterocycles. The first-order valence-corrected chi connectivity index (χ1v) is 17.3. The van der Waals surface area contributed by atoms with Crippen LogP contribution in [0.25, 0.3) is 0 Å². The van der Waals surface area contributed by atoms with Crippen molar-refractivity contribution in [3.8, 4) is 0 Å². The predicted molar refractivity (Wildman–Crippen MR) is 183 cm³/mol. The number of alkyl carbamates (subject to hydrolysis) is 1. The number of nitrogens with zero attached hydrogens (tertiary/aromatic N) is 2. The predicted octanol–water partition coefficient (Wildman–Crippen LogP) is 6.82. The van der Waals surface area contributed by atoms with E-state index in [0.29, 0.717) is 26.2 Å². The van der Waals surface area contributed by atoms with Gasteiger partial charge in [-0.05, 0) is 94.5 Å². The molecule has 0 saturated heterocycles. The summed E-state index contributed by atoms with van der Waals surface area (Å²) in [6.45, 7) is 21.9. The number of hydrogen-bond acceptors (Lipinski definition) is 8. The number of ether oxygens (including phenoxy) is 3. The average Bonchev–Trinajstić information content (AvgIpc) is 2.88. The van der Waals surface area contributed by atoms with Crippen LogP contribution in [0.15, 0.2) is 0 Å². The standard InChI is InChI=1S/C34H69N5O6/c1-32(2,3)43-29(40)37-24-28-39(31(42)45-34(7,8)9)27-20-15-11-10-14-18-25-38(30(41)44-33(4,5)6)26-19-16-12-13-17-22-36-23-21-35/h36H,10-28,35H2,1-9H3,(H,37,40). The fourth-order valence-corrected chi connectivity index (χ4v) is 4.47. The van der Waals surface area contributed by atoms with Crippen LogP contribution >= 0.6 is 0 Å².